The number of halogens is 4. The molecule has 160 valence electrons. The number of hydrogen-bond acceptors (Lipinski definition) is 3. The minimum absolute atomic E-state index is 0.00261. The zero-order valence-electron chi connectivity index (χ0n) is 15.6. The van der Waals surface area contributed by atoms with E-state index < -0.39 is 27.6 Å². The standard InChI is InChI=1S/C20H18F4N2O3S/c21-18-4-2-1-3-15(18)5-10-19(27)25-11-13-26(14-12-25)30(28,29)17-8-6-16(7-9-17)20(22,23)24/h1-10H,11-14H2/b10-5+. The molecule has 1 saturated heterocycles. The van der Waals surface area contributed by atoms with Crippen LogP contribution in [0.3, 0.4) is 0 Å². The van der Waals surface area contributed by atoms with E-state index in [9.17, 15) is 30.8 Å². The summed E-state index contributed by atoms with van der Waals surface area (Å²) in [5.74, 6) is -0.848. The van der Waals surface area contributed by atoms with Crippen LogP contribution < -0.4 is 0 Å². The van der Waals surface area contributed by atoms with Gasteiger partial charge in [-0.05, 0) is 36.4 Å². The number of hydrogen-bond donors (Lipinski definition) is 0. The van der Waals surface area contributed by atoms with Gasteiger partial charge in [-0.1, -0.05) is 18.2 Å². The Morgan fingerprint density at radius 3 is 2.10 bits per heavy atom. The lowest BCUT2D eigenvalue weighted by atomic mass is 10.2. The van der Waals surface area contributed by atoms with Gasteiger partial charge in [0.05, 0.1) is 10.5 Å². The molecule has 0 atom stereocenters. The maximum atomic E-state index is 13.6. The first kappa shape index (κ1) is 22.0. The second-order valence-electron chi connectivity index (χ2n) is 6.61. The van der Waals surface area contributed by atoms with Gasteiger partial charge in [0, 0.05) is 37.8 Å². The molecule has 2 aromatic rings. The monoisotopic (exact) mass is 442 g/mol. The number of carbonyl (C=O) groups excluding carboxylic acids is 1. The van der Waals surface area contributed by atoms with Crippen LogP contribution in [0.5, 0.6) is 0 Å². The Labute approximate surface area is 171 Å². The predicted molar refractivity (Wildman–Crippen MR) is 102 cm³/mol. The van der Waals surface area contributed by atoms with Crippen molar-refractivity contribution in [1.29, 1.82) is 0 Å². The molecule has 1 aliphatic rings. The third-order valence-electron chi connectivity index (χ3n) is 4.68. The quantitative estimate of drug-likeness (QED) is 0.539. The van der Waals surface area contributed by atoms with E-state index in [1.165, 1.54) is 35.3 Å². The molecule has 30 heavy (non-hydrogen) atoms. The van der Waals surface area contributed by atoms with Crippen LogP contribution in [0.1, 0.15) is 11.1 Å². The number of amides is 1. The third-order valence-corrected chi connectivity index (χ3v) is 6.59. The van der Waals surface area contributed by atoms with Gasteiger partial charge in [0.2, 0.25) is 15.9 Å². The van der Waals surface area contributed by atoms with Crippen LogP contribution in [0, 0.1) is 5.82 Å². The van der Waals surface area contributed by atoms with Gasteiger partial charge in [-0.3, -0.25) is 4.79 Å². The largest absolute Gasteiger partial charge is 0.416 e. The number of benzene rings is 2. The Hall–Kier alpha value is -2.72. The Morgan fingerprint density at radius 2 is 1.53 bits per heavy atom. The number of nitrogens with zero attached hydrogens (tertiary/aromatic N) is 2. The summed E-state index contributed by atoms with van der Waals surface area (Å²) >= 11 is 0. The Balaban J connectivity index is 1.63. The van der Waals surface area contributed by atoms with Gasteiger partial charge >= 0.3 is 6.18 Å². The summed E-state index contributed by atoms with van der Waals surface area (Å²) in [5.41, 5.74) is -0.673. The highest BCUT2D eigenvalue weighted by Gasteiger charge is 2.33. The fourth-order valence-electron chi connectivity index (χ4n) is 2.99. The summed E-state index contributed by atoms with van der Waals surface area (Å²) in [4.78, 5) is 13.5. The number of alkyl halides is 3. The summed E-state index contributed by atoms with van der Waals surface area (Å²) in [5, 5.41) is 0. The van der Waals surface area contributed by atoms with Gasteiger partial charge in [0.25, 0.3) is 0 Å². The van der Waals surface area contributed by atoms with E-state index in [0.717, 1.165) is 28.6 Å². The second kappa shape index (κ2) is 8.57. The summed E-state index contributed by atoms with van der Waals surface area (Å²) in [6.07, 6.45) is -1.98. The molecule has 10 heteroatoms. The lowest BCUT2D eigenvalue weighted by molar-refractivity contribution is -0.137. The van der Waals surface area contributed by atoms with E-state index in [-0.39, 0.29) is 42.5 Å². The van der Waals surface area contributed by atoms with Crippen molar-refractivity contribution in [3.63, 3.8) is 0 Å². The molecule has 0 radical (unpaired) electrons. The van der Waals surface area contributed by atoms with Gasteiger partial charge < -0.3 is 4.90 Å². The molecule has 1 aliphatic heterocycles. The van der Waals surface area contributed by atoms with E-state index in [4.69, 9.17) is 0 Å². The van der Waals surface area contributed by atoms with Crippen molar-refractivity contribution in [2.75, 3.05) is 26.2 Å². The van der Waals surface area contributed by atoms with Crippen molar-refractivity contribution in [3.8, 4) is 0 Å². The fraction of sp³-hybridized carbons (Fsp3) is 0.250. The van der Waals surface area contributed by atoms with Crippen LogP contribution in [0.25, 0.3) is 6.08 Å². The van der Waals surface area contributed by atoms with Crippen LogP contribution in [-0.4, -0.2) is 49.7 Å². The lowest BCUT2D eigenvalue weighted by Gasteiger charge is -2.33. The summed E-state index contributed by atoms with van der Waals surface area (Å²) in [6, 6.07) is 9.26. The maximum Gasteiger partial charge on any atom is 0.416 e. The summed E-state index contributed by atoms with van der Waals surface area (Å²) < 4.78 is 78.0. The van der Waals surface area contributed by atoms with Crippen molar-refractivity contribution in [2.24, 2.45) is 0 Å². The van der Waals surface area contributed by atoms with Crippen molar-refractivity contribution in [1.82, 2.24) is 9.21 Å². The fourth-order valence-corrected chi connectivity index (χ4v) is 4.41. The van der Waals surface area contributed by atoms with E-state index in [0.29, 0.717) is 0 Å². The zero-order chi connectivity index (χ0) is 21.9. The molecule has 0 aromatic heterocycles. The number of sulfonamides is 1. The van der Waals surface area contributed by atoms with Crippen molar-refractivity contribution >= 4 is 22.0 Å². The van der Waals surface area contributed by atoms with Gasteiger partial charge in [-0.25, -0.2) is 12.8 Å². The second-order valence-corrected chi connectivity index (χ2v) is 8.54. The first-order valence-electron chi connectivity index (χ1n) is 8.98. The lowest BCUT2D eigenvalue weighted by Crippen LogP contribution is -2.50. The summed E-state index contributed by atoms with van der Waals surface area (Å²) in [7, 11) is -3.97. The van der Waals surface area contributed by atoms with E-state index in [2.05, 4.69) is 0 Å². The topological polar surface area (TPSA) is 57.7 Å². The van der Waals surface area contributed by atoms with Crippen molar-refractivity contribution in [3.05, 3.63) is 71.6 Å². The third kappa shape index (κ3) is 4.88. The van der Waals surface area contributed by atoms with Crippen LogP contribution in [-0.2, 0) is 21.0 Å². The van der Waals surface area contributed by atoms with Crippen LogP contribution in [0.15, 0.2) is 59.5 Å². The molecule has 3 rings (SSSR count). The SMILES string of the molecule is O=C(/C=C/c1ccccc1F)N1CCN(S(=O)(=O)c2ccc(C(F)(F)F)cc2)CC1. The van der Waals surface area contributed by atoms with Gasteiger partial charge in [-0.2, -0.15) is 17.5 Å². The Bertz CT molecular complexity index is 1040. The molecule has 0 unspecified atom stereocenters. The maximum absolute atomic E-state index is 13.6. The molecule has 0 N–H and O–H groups in total. The van der Waals surface area contributed by atoms with E-state index >= 15 is 0 Å². The molecule has 0 saturated carbocycles. The molecule has 1 amide bonds. The van der Waals surface area contributed by atoms with Crippen LogP contribution >= 0.6 is 0 Å². The van der Waals surface area contributed by atoms with Gasteiger partial charge in [0.15, 0.2) is 0 Å². The van der Waals surface area contributed by atoms with Gasteiger partial charge in [-0.15, -0.1) is 0 Å². The first-order valence-corrected chi connectivity index (χ1v) is 10.4. The first-order chi connectivity index (χ1) is 14.1. The highest BCUT2D eigenvalue weighted by atomic mass is 32.2. The van der Waals surface area contributed by atoms with Crippen LogP contribution in [0.4, 0.5) is 17.6 Å². The van der Waals surface area contributed by atoms with Gasteiger partial charge in [0.1, 0.15) is 5.82 Å². The number of carbonyl (C=O) groups is 1. The molecule has 2 aromatic carbocycles. The average molecular weight is 442 g/mol. The smallest absolute Gasteiger partial charge is 0.337 e. The average Bonchev–Trinajstić information content (AvgIpc) is 2.72. The predicted octanol–water partition coefficient (Wildman–Crippen LogP) is 3.39. The molecular weight excluding hydrogens is 424 g/mol. The zero-order valence-corrected chi connectivity index (χ0v) is 16.5. The normalized spacial score (nSPS) is 16.2. The molecule has 1 fully saturated rings. The van der Waals surface area contributed by atoms with E-state index in [1.807, 2.05) is 0 Å². The van der Waals surface area contributed by atoms with E-state index in [1.54, 1.807) is 6.07 Å². The number of piperazine rings is 1. The molecule has 0 spiro atoms. The highest BCUT2D eigenvalue weighted by Crippen LogP contribution is 2.30. The molecule has 0 bridgehead atoms. The van der Waals surface area contributed by atoms with Crippen molar-refractivity contribution in [2.45, 2.75) is 11.1 Å². The summed E-state index contributed by atoms with van der Waals surface area (Å²) in [6.45, 7) is 0.228. The highest BCUT2D eigenvalue weighted by molar-refractivity contribution is 7.89. The molecular formula is C20H18F4N2O3S. The minimum Gasteiger partial charge on any atom is -0.337 e. The molecule has 1 heterocycles. The molecule has 0 aliphatic carbocycles. The molecule has 5 nitrogen and oxygen atoms in total. The number of rotatable bonds is 4. The Morgan fingerprint density at radius 1 is 0.933 bits per heavy atom. The van der Waals surface area contributed by atoms with Crippen molar-refractivity contribution < 1.29 is 30.8 Å². The minimum atomic E-state index is -4.55. The Kier molecular flexibility index (Phi) is 6.27. The van der Waals surface area contributed by atoms with Crippen LogP contribution in [0.2, 0.25) is 0 Å².